The summed E-state index contributed by atoms with van der Waals surface area (Å²) in [5.41, 5.74) is 1.98. The first kappa shape index (κ1) is 11.6. The number of aliphatic hydroxyl groups excluding tert-OH is 1. The summed E-state index contributed by atoms with van der Waals surface area (Å²) in [6.45, 7) is 5.93. The Morgan fingerprint density at radius 1 is 1.31 bits per heavy atom. The lowest BCUT2D eigenvalue weighted by atomic mass is 10.3. The quantitative estimate of drug-likeness (QED) is 0.916. The molecule has 86 valence electrons. The molecule has 0 aliphatic carbocycles. The molecule has 0 spiro atoms. The van der Waals surface area contributed by atoms with Gasteiger partial charge in [0.25, 0.3) is 0 Å². The van der Waals surface area contributed by atoms with E-state index in [9.17, 15) is 5.11 Å². The van der Waals surface area contributed by atoms with Gasteiger partial charge in [-0.05, 0) is 39.0 Å². The lowest BCUT2D eigenvalue weighted by Crippen LogP contribution is -2.08. The molecule has 1 N–H and O–H groups in total. The fourth-order valence-corrected chi connectivity index (χ4v) is 2.28. The van der Waals surface area contributed by atoms with Crippen molar-refractivity contribution in [1.82, 2.24) is 9.55 Å². The van der Waals surface area contributed by atoms with E-state index >= 15 is 0 Å². The van der Waals surface area contributed by atoms with Gasteiger partial charge in [-0.15, -0.1) is 0 Å². The third-order valence-electron chi connectivity index (χ3n) is 2.57. The van der Waals surface area contributed by atoms with Gasteiger partial charge in [-0.1, -0.05) is 15.9 Å². The molecule has 4 heteroatoms. The maximum Gasteiger partial charge on any atom is 0.138 e. The molecule has 0 radical (unpaired) electrons. The van der Waals surface area contributed by atoms with Crippen LogP contribution >= 0.6 is 15.9 Å². The summed E-state index contributed by atoms with van der Waals surface area (Å²) >= 11 is 3.43. The van der Waals surface area contributed by atoms with Crippen molar-refractivity contribution in [1.29, 1.82) is 0 Å². The summed E-state index contributed by atoms with van der Waals surface area (Å²) in [5, 5.41) is 9.73. The van der Waals surface area contributed by atoms with Crippen molar-refractivity contribution in [3.8, 4) is 0 Å². The molecule has 0 saturated heterocycles. The van der Waals surface area contributed by atoms with E-state index in [1.54, 1.807) is 6.92 Å². The SMILES string of the molecule is CC(O)c1nc2cc(Br)ccc2n1C(C)C. The van der Waals surface area contributed by atoms with Crippen LogP contribution < -0.4 is 0 Å². The second kappa shape index (κ2) is 4.18. The van der Waals surface area contributed by atoms with Crippen molar-refractivity contribution in [2.75, 3.05) is 0 Å². The van der Waals surface area contributed by atoms with Crippen LogP contribution in [0.15, 0.2) is 22.7 Å². The second-order valence-electron chi connectivity index (χ2n) is 4.24. The van der Waals surface area contributed by atoms with Crippen LogP contribution in [0.3, 0.4) is 0 Å². The van der Waals surface area contributed by atoms with Crippen molar-refractivity contribution >= 4 is 27.0 Å². The number of halogens is 1. The van der Waals surface area contributed by atoms with E-state index in [1.807, 2.05) is 18.2 Å². The molecule has 0 fully saturated rings. The molecule has 3 nitrogen and oxygen atoms in total. The van der Waals surface area contributed by atoms with Crippen molar-refractivity contribution in [2.45, 2.75) is 32.9 Å². The van der Waals surface area contributed by atoms with Crippen LogP contribution in [0.1, 0.15) is 38.7 Å². The van der Waals surface area contributed by atoms with E-state index in [0.717, 1.165) is 21.3 Å². The first-order valence-corrected chi connectivity index (χ1v) is 6.15. The largest absolute Gasteiger partial charge is 0.385 e. The zero-order valence-electron chi connectivity index (χ0n) is 9.61. The Hall–Kier alpha value is -0.870. The Kier molecular flexibility index (Phi) is 3.04. The Balaban J connectivity index is 2.75. The number of aliphatic hydroxyl groups is 1. The van der Waals surface area contributed by atoms with Gasteiger partial charge >= 0.3 is 0 Å². The average Bonchev–Trinajstić information content (AvgIpc) is 2.55. The van der Waals surface area contributed by atoms with E-state index in [0.29, 0.717) is 0 Å². The molecule has 1 heterocycles. The minimum Gasteiger partial charge on any atom is -0.385 e. The molecule has 2 aromatic rings. The van der Waals surface area contributed by atoms with Crippen LogP contribution in [0.25, 0.3) is 11.0 Å². The molecule has 0 aliphatic rings. The maximum absolute atomic E-state index is 9.73. The summed E-state index contributed by atoms with van der Waals surface area (Å²) in [4.78, 5) is 4.48. The number of hydrogen-bond acceptors (Lipinski definition) is 2. The summed E-state index contributed by atoms with van der Waals surface area (Å²) in [7, 11) is 0. The van der Waals surface area contributed by atoms with Crippen LogP contribution in [-0.2, 0) is 0 Å². The lowest BCUT2D eigenvalue weighted by molar-refractivity contribution is 0.182. The van der Waals surface area contributed by atoms with Crippen molar-refractivity contribution < 1.29 is 5.11 Å². The van der Waals surface area contributed by atoms with Gasteiger partial charge in [0.2, 0.25) is 0 Å². The van der Waals surface area contributed by atoms with Crippen molar-refractivity contribution in [3.05, 3.63) is 28.5 Å². The van der Waals surface area contributed by atoms with Crippen LogP contribution in [-0.4, -0.2) is 14.7 Å². The third kappa shape index (κ3) is 1.87. The maximum atomic E-state index is 9.73. The zero-order chi connectivity index (χ0) is 11.9. The highest BCUT2D eigenvalue weighted by molar-refractivity contribution is 9.10. The Morgan fingerprint density at radius 3 is 2.56 bits per heavy atom. The van der Waals surface area contributed by atoms with Crippen LogP contribution in [0.5, 0.6) is 0 Å². The molecule has 16 heavy (non-hydrogen) atoms. The summed E-state index contributed by atoms with van der Waals surface area (Å²) in [6, 6.07) is 6.28. The fraction of sp³-hybridized carbons (Fsp3) is 0.417. The van der Waals surface area contributed by atoms with E-state index in [2.05, 4.69) is 39.3 Å². The van der Waals surface area contributed by atoms with Gasteiger partial charge in [0.1, 0.15) is 11.9 Å². The van der Waals surface area contributed by atoms with Gasteiger partial charge in [-0.2, -0.15) is 0 Å². The van der Waals surface area contributed by atoms with Gasteiger partial charge in [0.15, 0.2) is 0 Å². The summed E-state index contributed by atoms with van der Waals surface area (Å²) in [5.74, 6) is 0.725. The highest BCUT2D eigenvalue weighted by Crippen LogP contribution is 2.26. The van der Waals surface area contributed by atoms with Gasteiger partial charge in [-0.25, -0.2) is 4.98 Å². The average molecular weight is 283 g/mol. The van der Waals surface area contributed by atoms with Crippen LogP contribution in [0.4, 0.5) is 0 Å². The first-order valence-electron chi connectivity index (χ1n) is 5.36. The minimum absolute atomic E-state index is 0.288. The smallest absolute Gasteiger partial charge is 0.138 e. The number of rotatable bonds is 2. The van der Waals surface area contributed by atoms with E-state index in [4.69, 9.17) is 0 Å². The summed E-state index contributed by atoms with van der Waals surface area (Å²) < 4.78 is 3.08. The number of fused-ring (bicyclic) bond motifs is 1. The predicted octanol–water partition coefficient (Wildman–Crippen LogP) is 3.43. The molecule has 1 atom stereocenters. The highest BCUT2D eigenvalue weighted by atomic mass is 79.9. The first-order chi connectivity index (χ1) is 7.50. The minimum atomic E-state index is -0.548. The molecule has 1 unspecified atom stereocenters. The number of benzene rings is 1. The van der Waals surface area contributed by atoms with Gasteiger partial charge < -0.3 is 9.67 Å². The van der Waals surface area contributed by atoms with Gasteiger partial charge in [-0.3, -0.25) is 0 Å². The monoisotopic (exact) mass is 282 g/mol. The second-order valence-corrected chi connectivity index (χ2v) is 5.16. The lowest BCUT2D eigenvalue weighted by Gasteiger charge is -2.14. The molecular formula is C12H15BrN2O. The third-order valence-corrected chi connectivity index (χ3v) is 3.06. The van der Waals surface area contributed by atoms with Crippen molar-refractivity contribution in [3.63, 3.8) is 0 Å². The van der Waals surface area contributed by atoms with Gasteiger partial charge in [0.05, 0.1) is 11.0 Å². The molecular weight excluding hydrogens is 268 g/mol. The molecule has 1 aromatic heterocycles. The number of nitrogens with zero attached hydrogens (tertiary/aromatic N) is 2. The fourth-order valence-electron chi connectivity index (χ4n) is 1.93. The Bertz CT molecular complexity index is 517. The Labute approximate surface area is 103 Å². The van der Waals surface area contributed by atoms with E-state index in [1.165, 1.54) is 0 Å². The normalized spacial score (nSPS) is 13.6. The number of aromatic nitrogens is 2. The molecule has 2 rings (SSSR count). The summed E-state index contributed by atoms with van der Waals surface area (Å²) in [6.07, 6.45) is -0.548. The topological polar surface area (TPSA) is 38.1 Å². The number of hydrogen-bond donors (Lipinski definition) is 1. The van der Waals surface area contributed by atoms with Crippen LogP contribution in [0.2, 0.25) is 0 Å². The molecule has 1 aromatic carbocycles. The van der Waals surface area contributed by atoms with Crippen molar-refractivity contribution in [2.24, 2.45) is 0 Å². The zero-order valence-corrected chi connectivity index (χ0v) is 11.2. The van der Waals surface area contributed by atoms with E-state index < -0.39 is 6.10 Å². The number of imidazole rings is 1. The predicted molar refractivity (Wildman–Crippen MR) is 68.5 cm³/mol. The molecule has 0 aliphatic heterocycles. The molecule has 0 saturated carbocycles. The van der Waals surface area contributed by atoms with Gasteiger partial charge in [0, 0.05) is 10.5 Å². The van der Waals surface area contributed by atoms with E-state index in [-0.39, 0.29) is 6.04 Å². The van der Waals surface area contributed by atoms with Crippen LogP contribution in [0, 0.1) is 0 Å². The molecule has 0 bridgehead atoms. The standard InChI is InChI=1S/C12H15BrN2O/c1-7(2)15-11-5-4-9(13)6-10(11)14-12(15)8(3)16/h4-8,16H,1-3H3. The highest BCUT2D eigenvalue weighted by Gasteiger charge is 2.16. The molecule has 0 amide bonds. The Morgan fingerprint density at radius 2 is 2.00 bits per heavy atom.